The fourth-order valence-electron chi connectivity index (χ4n) is 8.75. The molecular weight excluding hydrogens is 901 g/mol. The SMILES string of the molecule is CCCC1C=C(C(C)(C)C)C=[C]1[Zr+2](=[C](c1cccc(C(F)(F)F)c1)c1cccc(C(F)(F)F)c1)[CH]1c2cc(-c3ccccc3)ccc2-c2ccc(-c3ccccc3)cc21.[Cl-].[Cl-]. The number of hydrogen-bond donors (Lipinski definition) is 0. The van der Waals surface area contributed by atoms with E-state index < -0.39 is 44.7 Å². The Hall–Kier alpha value is -4.29. The second kappa shape index (κ2) is 18.2. The van der Waals surface area contributed by atoms with Crippen LogP contribution in [-0.2, 0) is 33.6 Å². The van der Waals surface area contributed by atoms with Gasteiger partial charge in [-0.3, -0.25) is 0 Å². The maximum atomic E-state index is 14.6. The molecule has 0 nitrogen and oxygen atoms in total. The van der Waals surface area contributed by atoms with E-state index in [9.17, 15) is 26.3 Å². The molecule has 0 saturated heterocycles. The van der Waals surface area contributed by atoms with Gasteiger partial charge in [-0.15, -0.1) is 0 Å². The summed E-state index contributed by atoms with van der Waals surface area (Å²) in [6.45, 7) is 8.61. The van der Waals surface area contributed by atoms with Crippen LogP contribution in [0, 0.1) is 11.3 Å². The van der Waals surface area contributed by atoms with Crippen LogP contribution in [0.4, 0.5) is 26.3 Å². The minimum atomic E-state index is -4.65. The van der Waals surface area contributed by atoms with E-state index in [-0.39, 0.29) is 39.8 Å². The summed E-state index contributed by atoms with van der Waals surface area (Å²) in [6, 6.07) is 43.7. The molecule has 312 valence electrons. The van der Waals surface area contributed by atoms with E-state index in [1.165, 1.54) is 15.4 Å². The summed E-state index contributed by atoms with van der Waals surface area (Å²) in [5, 5.41) is 0. The van der Waals surface area contributed by atoms with Gasteiger partial charge < -0.3 is 24.8 Å². The first-order valence-corrected chi connectivity index (χ1v) is 23.9. The molecule has 61 heavy (non-hydrogen) atoms. The Morgan fingerprint density at radius 3 is 1.41 bits per heavy atom. The van der Waals surface area contributed by atoms with Crippen LogP contribution in [0.5, 0.6) is 0 Å². The first-order valence-electron chi connectivity index (χ1n) is 20.0. The third-order valence-electron chi connectivity index (χ3n) is 11.6. The number of allylic oxidation sites excluding steroid dienone is 4. The van der Waals surface area contributed by atoms with Crippen molar-refractivity contribution in [2.45, 2.75) is 56.5 Å². The summed E-state index contributed by atoms with van der Waals surface area (Å²) < 4.78 is 89.4. The summed E-state index contributed by atoms with van der Waals surface area (Å²) in [4.78, 5) is 0. The molecular formula is C52H44Cl2F6Zr. The van der Waals surface area contributed by atoms with Crippen molar-refractivity contribution in [3.8, 4) is 33.4 Å². The molecule has 0 saturated carbocycles. The van der Waals surface area contributed by atoms with Gasteiger partial charge in [0, 0.05) is 0 Å². The summed E-state index contributed by atoms with van der Waals surface area (Å²) in [5.41, 5.74) is 8.19. The van der Waals surface area contributed by atoms with Gasteiger partial charge in [0.05, 0.1) is 0 Å². The van der Waals surface area contributed by atoms with E-state index in [4.69, 9.17) is 0 Å². The van der Waals surface area contributed by atoms with Crippen molar-refractivity contribution >= 4 is 3.21 Å². The van der Waals surface area contributed by atoms with Gasteiger partial charge in [0.1, 0.15) is 0 Å². The number of alkyl halides is 6. The van der Waals surface area contributed by atoms with Gasteiger partial charge in [-0.25, -0.2) is 0 Å². The molecule has 6 aromatic rings. The Balaban J connectivity index is 0.00000311. The Morgan fingerprint density at radius 2 is 1.00 bits per heavy atom. The molecule has 0 heterocycles. The van der Waals surface area contributed by atoms with Crippen molar-refractivity contribution < 1.29 is 72.4 Å². The average Bonchev–Trinajstić information content (AvgIpc) is 3.79. The summed E-state index contributed by atoms with van der Waals surface area (Å²) in [7, 11) is 0. The first kappa shape index (κ1) is 46.2. The molecule has 0 aliphatic heterocycles. The fraction of sp³-hybridized carbons (Fsp3) is 0.212. The topological polar surface area (TPSA) is 0 Å². The van der Waals surface area contributed by atoms with Crippen LogP contribution in [0.25, 0.3) is 33.4 Å². The molecule has 2 aliphatic rings. The molecule has 0 fully saturated rings. The molecule has 0 radical (unpaired) electrons. The van der Waals surface area contributed by atoms with Gasteiger partial charge in [0.2, 0.25) is 0 Å². The largest absolute Gasteiger partial charge is 1.00 e. The van der Waals surface area contributed by atoms with Gasteiger partial charge in [-0.1, -0.05) is 0 Å². The normalized spacial score (nSPS) is 14.7. The number of fused-ring (bicyclic) bond motifs is 3. The maximum absolute atomic E-state index is 14.6. The smallest absolute Gasteiger partial charge is 1.00 e. The minimum absolute atomic E-state index is 0. The number of rotatable bonds is 8. The predicted molar refractivity (Wildman–Crippen MR) is 225 cm³/mol. The molecule has 8 rings (SSSR count). The van der Waals surface area contributed by atoms with Crippen LogP contribution in [0.1, 0.15) is 77.5 Å². The van der Waals surface area contributed by atoms with Crippen molar-refractivity contribution in [3.05, 3.63) is 200 Å². The molecule has 0 bridgehead atoms. The van der Waals surface area contributed by atoms with Crippen LogP contribution in [0.15, 0.2) is 167 Å². The van der Waals surface area contributed by atoms with Crippen molar-refractivity contribution in [2.75, 3.05) is 0 Å². The molecule has 0 spiro atoms. The van der Waals surface area contributed by atoms with Crippen LogP contribution in [0.3, 0.4) is 0 Å². The fourth-order valence-corrected chi connectivity index (χ4v) is 18.3. The monoisotopic (exact) mass is 942 g/mol. The van der Waals surface area contributed by atoms with E-state index in [1.807, 2.05) is 36.4 Å². The molecule has 0 amide bonds. The molecule has 9 heteroatoms. The third-order valence-corrected chi connectivity index (χ3v) is 20.1. The Labute approximate surface area is 374 Å². The van der Waals surface area contributed by atoms with E-state index in [1.54, 1.807) is 12.1 Å². The Bertz CT molecular complexity index is 2490. The van der Waals surface area contributed by atoms with Crippen LogP contribution in [0.2, 0.25) is 0 Å². The molecule has 2 aliphatic carbocycles. The van der Waals surface area contributed by atoms with E-state index in [0.29, 0.717) is 14.3 Å². The molecule has 0 N–H and O–H groups in total. The van der Waals surface area contributed by atoms with Gasteiger partial charge >= 0.3 is 352 Å². The first-order chi connectivity index (χ1) is 28.1. The molecule has 1 atom stereocenters. The predicted octanol–water partition coefficient (Wildman–Crippen LogP) is 9.31. The number of benzene rings is 6. The number of hydrogen-bond acceptors (Lipinski definition) is 0. The van der Waals surface area contributed by atoms with Crippen LogP contribution in [-0.4, -0.2) is 3.21 Å². The summed E-state index contributed by atoms with van der Waals surface area (Å²) in [5.74, 6) is -0.0164. The summed E-state index contributed by atoms with van der Waals surface area (Å²) in [6.07, 6.45) is -3.02. The average molecular weight is 945 g/mol. The van der Waals surface area contributed by atoms with E-state index >= 15 is 0 Å². The maximum Gasteiger partial charge on any atom is -1.00 e. The van der Waals surface area contributed by atoms with E-state index in [0.717, 1.165) is 87.2 Å². The Kier molecular flexibility index (Phi) is 13.8. The van der Waals surface area contributed by atoms with Crippen molar-refractivity contribution in [3.63, 3.8) is 0 Å². The van der Waals surface area contributed by atoms with Crippen LogP contribution < -0.4 is 24.8 Å². The third kappa shape index (κ3) is 9.41. The van der Waals surface area contributed by atoms with Gasteiger partial charge in [-0.05, 0) is 0 Å². The van der Waals surface area contributed by atoms with Crippen molar-refractivity contribution in [2.24, 2.45) is 11.3 Å². The zero-order chi connectivity index (χ0) is 41.7. The number of halogens is 8. The standard InChI is InChI=1S/C25H17.C15H8F6.C12H19.2ClH.Zr/c1-3-7-18(8-4-1)20-11-13-24-22(15-20)17-23-16-21(12-14-25(23)24)19-9-5-2-6-10-19;16-14(17,18)12-5-1-3-10(8-12)7-11-4-2-6-13(9-11)15(19,20)21;1-5-6-10-7-8-11(9-10)12(2,3)4;;;/h1-17H;1-6,8-9H;8-10H,5-6H2,1-4H3;2*1H;/q;;;;;+2/p-2. The van der Waals surface area contributed by atoms with Crippen molar-refractivity contribution in [1.82, 2.24) is 0 Å². The van der Waals surface area contributed by atoms with Crippen molar-refractivity contribution in [1.29, 1.82) is 0 Å². The minimum Gasteiger partial charge on any atom is -1.00 e. The van der Waals surface area contributed by atoms with Gasteiger partial charge in [-0.2, -0.15) is 0 Å². The zero-order valence-corrected chi connectivity index (χ0v) is 38.1. The van der Waals surface area contributed by atoms with Gasteiger partial charge in [0.15, 0.2) is 0 Å². The molecule has 1 unspecified atom stereocenters. The zero-order valence-electron chi connectivity index (χ0n) is 34.1. The summed E-state index contributed by atoms with van der Waals surface area (Å²) >= 11 is -3.92. The van der Waals surface area contributed by atoms with Crippen LogP contribution >= 0.6 is 0 Å². The van der Waals surface area contributed by atoms with E-state index in [2.05, 4.69) is 101 Å². The Morgan fingerprint density at radius 1 is 0.541 bits per heavy atom. The second-order valence-electron chi connectivity index (χ2n) is 16.6. The molecule has 6 aromatic carbocycles. The second-order valence-corrected chi connectivity index (χ2v) is 22.7. The quantitative estimate of drug-likeness (QED) is 0.134. The molecule has 0 aromatic heterocycles. The van der Waals surface area contributed by atoms with Gasteiger partial charge in [0.25, 0.3) is 0 Å².